The van der Waals surface area contributed by atoms with Crippen LogP contribution in [0.25, 0.3) is 0 Å². The average molecular weight is 395 g/mol. The van der Waals surface area contributed by atoms with E-state index in [-0.39, 0.29) is 11.9 Å². The second kappa shape index (κ2) is 7.93. The lowest BCUT2D eigenvalue weighted by molar-refractivity contribution is -0.127. The maximum Gasteiger partial charge on any atom is 0.248 e. The van der Waals surface area contributed by atoms with E-state index < -0.39 is 17.1 Å². The summed E-state index contributed by atoms with van der Waals surface area (Å²) in [5.41, 5.74) is 6.07. The molecule has 2 fully saturated rings. The molecule has 0 aliphatic heterocycles. The highest BCUT2D eigenvalue weighted by atomic mass is 19.1. The predicted octanol–water partition coefficient (Wildman–Crippen LogP) is 4.11. The van der Waals surface area contributed by atoms with Crippen molar-refractivity contribution in [2.45, 2.75) is 62.8 Å². The number of primary amides is 1. The Balaban J connectivity index is 1.71. The Morgan fingerprint density at radius 2 is 1.69 bits per heavy atom. The van der Waals surface area contributed by atoms with Crippen molar-refractivity contribution in [2.75, 3.05) is 4.90 Å². The largest absolute Gasteiger partial charge is 0.366 e. The fraction of sp³-hybridized carbons (Fsp3) is 0.435. The topological polar surface area (TPSA) is 76.3 Å². The van der Waals surface area contributed by atoms with E-state index in [1.807, 2.05) is 17.0 Å². The van der Waals surface area contributed by atoms with Crippen LogP contribution in [0, 0.1) is 5.82 Å². The zero-order valence-corrected chi connectivity index (χ0v) is 16.4. The number of benzene rings is 1. The average Bonchev–Trinajstić information content (AvgIpc) is 2.70. The summed E-state index contributed by atoms with van der Waals surface area (Å²) in [5.74, 6) is -0.347. The van der Waals surface area contributed by atoms with Crippen LogP contribution in [-0.4, -0.2) is 22.8 Å². The van der Waals surface area contributed by atoms with Crippen molar-refractivity contribution in [3.05, 3.63) is 59.5 Å². The summed E-state index contributed by atoms with van der Waals surface area (Å²) in [6, 6.07) is 10.1. The van der Waals surface area contributed by atoms with Crippen molar-refractivity contribution in [2.24, 2.45) is 5.73 Å². The summed E-state index contributed by atoms with van der Waals surface area (Å²) in [5, 5.41) is 0. The highest BCUT2D eigenvalue weighted by Crippen LogP contribution is 2.46. The summed E-state index contributed by atoms with van der Waals surface area (Å²) in [6.45, 7) is 0. The molecule has 5 nitrogen and oxygen atoms in total. The molecule has 0 saturated heterocycles. The highest BCUT2D eigenvalue weighted by molar-refractivity contribution is 6.02. The van der Waals surface area contributed by atoms with Gasteiger partial charge >= 0.3 is 0 Å². The quantitative estimate of drug-likeness (QED) is 0.828. The van der Waals surface area contributed by atoms with Crippen molar-refractivity contribution in [1.82, 2.24) is 4.98 Å². The predicted molar refractivity (Wildman–Crippen MR) is 109 cm³/mol. The van der Waals surface area contributed by atoms with E-state index in [2.05, 4.69) is 4.98 Å². The molecule has 2 aromatic rings. The molecule has 4 rings (SSSR count). The van der Waals surface area contributed by atoms with Gasteiger partial charge < -0.3 is 5.73 Å². The number of carbonyl (C=O) groups is 2. The molecule has 1 heterocycles. The molecule has 0 radical (unpaired) electrons. The van der Waals surface area contributed by atoms with Crippen LogP contribution >= 0.6 is 0 Å². The Kier molecular flexibility index (Phi) is 5.35. The first-order valence-corrected chi connectivity index (χ1v) is 10.4. The number of amides is 2. The minimum absolute atomic E-state index is 0.0292. The smallest absolute Gasteiger partial charge is 0.248 e. The fourth-order valence-corrected chi connectivity index (χ4v) is 4.65. The molecule has 1 aromatic carbocycles. The van der Waals surface area contributed by atoms with Gasteiger partial charge in [-0.05, 0) is 55.5 Å². The Hall–Kier alpha value is -2.76. The van der Waals surface area contributed by atoms with Crippen LogP contribution in [0.5, 0.6) is 0 Å². The minimum Gasteiger partial charge on any atom is -0.366 e. The highest BCUT2D eigenvalue weighted by Gasteiger charge is 2.49. The van der Waals surface area contributed by atoms with Gasteiger partial charge in [0.25, 0.3) is 0 Å². The number of rotatable bonds is 5. The van der Waals surface area contributed by atoms with Crippen LogP contribution in [0.2, 0.25) is 0 Å². The SMILES string of the molecule is NC(=O)c1ccc(C2(C(=O)N(c3ccc(F)cn3)C3CCCCC3)CCC2)cc1. The molecule has 0 spiro atoms. The number of nitrogens with two attached hydrogens (primary N) is 1. The third kappa shape index (κ3) is 3.63. The molecular weight excluding hydrogens is 369 g/mol. The summed E-state index contributed by atoms with van der Waals surface area (Å²) in [6.07, 6.45) is 8.86. The van der Waals surface area contributed by atoms with Crippen LogP contribution in [0.4, 0.5) is 10.2 Å². The molecule has 2 aliphatic rings. The second-order valence-corrected chi connectivity index (χ2v) is 8.18. The molecular formula is C23H26FN3O2. The van der Waals surface area contributed by atoms with Crippen LogP contribution in [0.3, 0.4) is 0 Å². The number of hydrogen-bond donors (Lipinski definition) is 1. The van der Waals surface area contributed by atoms with Crippen LogP contribution in [0.1, 0.15) is 67.3 Å². The molecule has 2 amide bonds. The summed E-state index contributed by atoms with van der Waals surface area (Å²) in [4.78, 5) is 31.4. The van der Waals surface area contributed by atoms with Gasteiger partial charge in [0.1, 0.15) is 11.6 Å². The van der Waals surface area contributed by atoms with Gasteiger partial charge in [0.2, 0.25) is 11.8 Å². The zero-order valence-electron chi connectivity index (χ0n) is 16.4. The van der Waals surface area contributed by atoms with Gasteiger partial charge in [-0.25, -0.2) is 9.37 Å². The van der Waals surface area contributed by atoms with E-state index in [4.69, 9.17) is 5.73 Å². The lowest BCUT2D eigenvalue weighted by atomic mass is 9.63. The molecule has 0 atom stereocenters. The number of nitrogens with zero attached hydrogens (tertiary/aromatic N) is 2. The van der Waals surface area contributed by atoms with E-state index >= 15 is 0 Å². The Labute approximate surface area is 170 Å². The zero-order chi connectivity index (χ0) is 20.4. The lowest BCUT2D eigenvalue weighted by Crippen LogP contribution is -2.55. The van der Waals surface area contributed by atoms with E-state index in [0.29, 0.717) is 11.4 Å². The summed E-state index contributed by atoms with van der Waals surface area (Å²) in [7, 11) is 0. The van der Waals surface area contributed by atoms with Crippen molar-refractivity contribution in [1.29, 1.82) is 0 Å². The van der Waals surface area contributed by atoms with Crippen LogP contribution in [0.15, 0.2) is 42.6 Å². The third-order valence-corrected chi connectivity index (χ3v) is 6.46. The van der Waals surface area contributed by atoms with Gasteiger partial charge in [-0.3, -0.25) is 14.5 Å². The Morgan fingerprint density at radius 1 is 1.00 bits per heavy atom. The normalized spacial score (nSPS) is 18.7. The maximum absolute atomic E-state index is 14.0. The number of aromatic nitrogens is 1. The Bertz CT molecular complexity index is 885. The van der Waals surface area contributed by atoms with Crippen LogP contribution < -0.4 is 10.6 Å². The first-order chi connectivity index (χ1) is 14.0. The van der Waals surface area contributed by atoms with E-state index in [9.17, 15) is 14.0 Å². The van der Waals surface area contributed by atoms with E-state index in [1.54, 1.807) is 18.2 Å². The van der Waals surface area contributed by atoms with Crippen LogP contribution in [-0.2, 0) is 10.2 Å². The standard InChI is InChI=1S/C23H26FN3O2/c24-18-11-12-20(26-15-18)27(19-5-2-1-3-6-19)22(29)23(13-4-14-23)17-9-7-16(8-10-17)21(25)28/h7-12,15,19H,1-6,13-14H2,(H2,25,28). The molecule has 2 aliphatic carbocycles. The number of anilines is 1. The van der Waals surface area contributed by atoms with Gasteiger partial charge in [0.05, 0.1) is 11.6 Å². The molecule has 152 valence electrons. The van der Waals surface area contributed by atoms with Gasteiger partial charge in [0, 0.05) is 11.6 Å². The lowest BCUT2D eigenvalue weighted by Gasteiger charge is -2.46. The molecule has 6 heteroatoms. The van der Waals surface area contributed by atoms with Gasteiger partial charge in [-0.15, -0.1) is 0 Å². The first kappa shape index (κ1) is 19.6. The molecule has 0 unspecified atom stereocenters. The van der Waals surface area contributed by atoms with Gasteiger partial charge in [-0.1, -0.05) is 37.8 Å². The third-order valence-electron chi connectivity index (χ3n) is 6.46. The van der Waals surface area contributed by atoms with Crippen molar-refractivity contribution >= 4 is 17.6 Å². The fourth-order valence-electron chi connectivity index (χ4n) is 4.65. The number of pyridine rings is 1. The Morgan fingerprint density at radius 3 is 2.21 bits per heavy atom. The van der Waals surface area contributed by atoms with Gasteiger partial charge in [-0.2, -0.15) is 0 Å². The summed E-state index contributed by atoms with van der Waals surface area (Å²) < 4.78 is 13.5. The first-order valence-electron chi connectivity index (χ1n) is 10.4. The number of halogens is 1. The van der Waals surface area contributed by atoms with E-state index in [0.717, 1.165) is 50.5 Å². The molecule has 0 bridgehead atoms. The monoisotopic (exact) mass is 395 g/mol. The number of hydrogen-bond acceptors (Lipinski definition) is 3. The van der Waals surface area contributed by atoms with Crippen molar-refractivity contribution < 1.29 is 14.0 Å². The second-order valence-electron chi connectivity index (χ2n) is 8.18. The molecule has 29 heavy (non-hydrogen) atoms. The van der Waals surface area contributed by atoms with Crippen molar-refractivity contribution in [3.8, 4) is 0 Å². The summed E-state index contributed by atoms with van der Waals surface area (Å²) >= 11 is 0. The number of carbonyl (C=O) groups excluding carboxylic acids is 2. The maximum atomic E-state index is 14.0. The molecule has 1 aromatic heterocycles. The minimum atomic E-state index is -0.621. The van der Waals surface area contributed by atoms with E-state index in [1.165, 1.54) is 18.7 Å². The van der Waals surface area contributed by atoms with Gasteiger partial charge in [0.15, 0.2) is 0 Å². The molecule has 2 saturated carbocycles. The molecule has 2 N–H and O–H groups in total. The van der Waals surface area contributed by atoms with Crippen molar-refractivity contribution in [3.63, 3.8) is 0 Å².